The molecule has 0 atom stereocenters. The number of imidazole rings is 1. The van der Waals surface area contributed by atoms with Crippen molar-refractivity contribution in [1.29, 1.82) is 0 Å². The monoisotopic (exact) mass is 288 g/mol. The molecule has 3 N–H and O–H groups in total. The van der Waals surface area contributed by atoms with Crippen LogP contribution >= 0.6 is 0 Å². The van der Waals surface area contributed by atoms with E-state index >= 15 is 0 Å². The average molecular weight is 288 g/mol. The summed E-state index contributed by atoms with van der Waals surface area (Å²) < 4.78 is 12.3. The lowest BCUT2D eigenvalue weighted by atomic mass is 10.2. The molecule has 0 radical (unpaired) electrons. The molecule has 2 heterocycles. The summed E-state index contributed by atoms with van der Waals surface area (Å²) in [6.07, 6.45) is 3.28. The van der Waals surface area contributed by atoms with Gasteiger partial charge in [0.2, 0.25) is 6.79 Å². The van der Waals surface area contributed by atoms with Gasteiger partial charge in [0.05, 0.1) is 6.33 Å². The van der Waals surface area contributed by atoms with Gasteiger partial charge < -0.3 is 25.1 Å². The van der Waals surface area contributed by atoms with Gasteiger partial charge in [0.1, 0.15) is 5.69 Å². The molecule has 7 nitrogen and oxygen atoms in total. The third-order valence-corrected chi connectivity index (χ3v) is 3.14. The zero-order chi connectivity index (χ0) is 14.7. The molecule has 0 unspecified atom stereocenters. The Bertz CT molecular complexity index is 653. The Labute approximate surface area is 121 Å². The third kappa shape index (κ3) is 2.97. The van der Waals surface area contributed by atoms with Crippen molar-refractivity contribution in [2.24, 2.45) is 5.73 Å². The molecular formula is C14H16N4O3. The molecule has 1 aromatic carbocycles. The second kappa shape index (κ2) is 5.84. The quantitative estimate of drug-likeness (QED) is 0.836. The van der Waals surface area contributed by atoms with Crippen LogP contribution in [-0.2, 0) is 13.1 Å². The van der Waals surface area contributed by atoms with Crippen molar-refractivity contribution < 1.29 is 14.3 Å². The van der Waals surface area contributed by atoms with Gasteiger partial charge in [-0.1, -0.05) is 6.07 Å². The Morgan fingerprint density at radius 3 is 3.10 bits per heavy atom. The Morgan fingerprint density at radius 1 is 1.38 bits per heavy atom. The summed E-state index contributed by atoms with van der Waals surface area (Å²) >= 11 is 0. The second-order valence-electron chi connectivity index (χ2n) is 4.66. The van der Waals surface area contributed by atoms with E-state index in [9.17, 15) is 4.79 Å². The van der Waals surface area contributed by atoms with Crippen molar-refractivity contribution in [2.45, 2.75) is 13.1 Å². The number of ether oxygens (including phenoxy) is 2. The van der Waals surface area contributed by atoms with Crippen molar-refractivity contribution in [3.8, 4) is 11.5 Å². The fraction of sp³-hybridized carbons (Fsp3) is 0.286. The molecule has 1 amide bonds. The fourth-order valence-corrected chi connectivity index (χ4v) is 2.07. The summed E-state index contributed by atoms with van der Waals surface area (Å²) in [4.78, 5) is 16.1. The highest BCUT2D eigenvalue weighted by molar-refractivity contribution is 5.91. The molecule has 2 aromatic rings. The Kier molecular flexibility index (Phi) is 3.74. The van der Waals surface area contributed by atoms with Gasteiger partial charge in [-0.05, 0) is 17.7 Å². The predicted octanol–water partition coefficient (Wildman–Crippen LogP) is 0.500. The molecule has 0 fully saturated rings. The van der Waals surface area contributed by atoms with Crippen molar-refractivity contribution in [3.63, 3.8) is 0 Å². The standard InChI is InChI=1S/C14H16N4O3/c15-3-4-18-7-11(17-8-18)14(19)16-6-10-1-2-12-13(5-10)21-9-20-12/h1-2,5,7-8H,3-4,6,9,15H2,(H,16,19). The van der Waals surface area contributed by atoms with Crippen LogP contribution in [0.2, 0.25) is 0 Å². The third-order valence-electron chi connectivity index (χ3n) is 3.14. The minimum atomic E-state index is -0.219. The molecular weight excluding hydrogens is 272 g/mol. The SMILES string of the molecule is NCCn1cnc(C(=O)NCc2ccc3c(c2)OCO3)c1. The number of benzene rings is 1. The number of nitrogens with zero attached hydrogens (tertiary/aromatic N) is 2. The Morgan fingerprint density at radius 2 is 2.24 bits per heavy atom. The highest BCUT2D eigenvalue weighted by atomic mass is 16.7. The van der Waals surface area contributed by atoms with Gasteiger partial charge in [-0.15, -0.1) is 0 Å². The number of nitrogens with one attached hydrogen (secondary N) is 1. The number of carbonyl (C=O) groups is 1. The minimum Gasteiger partial charge on any atom is -0.454 e. The van der Waals surface area contributed by atoms with E-state index in [1.807, 2.05) is 18.2 Å². The first-order valence-corrected chi connectivity index (χ1v) is 6.65. The van der Waals surface area contributed by atoms with E-state index in [0.29, 0.717) is 31.1 Å². The van der Waals surface area contributed by atoms with E-state index in [1.54, 1.807) is 17.1 Å². The average Bonchev–Trinajstić information content (AvgIpc) is 3.13. The molecule has 0 bridgehead atoms. The van der Waals surface area contributed by atoms with Crippen LogP contribution in [0.1, 0.15) is 16.1 Å². The second-order valence-corrected chi connectivity index (χ2v) is 4.66. The molecule has 0 saturated carbocycles. The summed E-state index contributed by atoms with van der Waals surface area (Å²) in [7, 11) is 0. The largest absolute Gasteiger partial charge is 0.454 e. The number of nitrogens with two attached hydrogens (primary N) is 1. The van der Waals surface area contributed by atoms with Crippen LogP contribution in [0.4, 0.5) is 0 Å². The van der Waals surface area contributed by atoms with Crippen LogP contribution in [-0.4, -0.2) is 28.8 Å². The molecule has 3 rings (SSSR count). The zero-order valence-corrected chi connectivity index (χ0v) is 11.4. The van der Waals surface area contributed by atoms with Crippen molar-refractivity contribution in [1.82, 2.24) is 14.9 Å². The lowest BCUT2D eigenvalue weighted by molar-refractivity contribution is 0.0946. The maximum Gasteiger partial charge on any atom is 0.271 e. The lowest BCUT2D eigenvalue weighted by Crippen LogP contribution is -2.23. The molecule has 1 aromatic heterocycles. The molecule has 0 spiro atoms. The normalized spacial score (nSPS) is 12.4. The smallest absolute Gasteiger partial charge is 0.271 e. The maximum absolute atomic E-state index is 12.0. The van der Waals surface area contributed by atoms with Crippen LogP contribution in [0.25, 0.3) is 0 Å². The first-order chi connectivity index (χ1) is 10.3. The van der Waals surface area contributed by atoms with Crippen molar-refractivity contribution in [2.75, 3.05) is 13.3 Å². The van der Waals surface area contributed by atoms with Crippen LogP contribution < -0.4 is 20.5 Å². The Hall–Kier alpha value is -2.54. The number of aromatic nitrogens is 2. The number of hydrogen-bond acceptors (Lipinski definition) is 5. The summed E-state index contributed by atoms with van der Waals surface area (Å²) in [5, 5.41) is 2.82. The van der Waals surface area contributed by atoms with Gasteiger partial charge in [0.15, 0.2) is 11.5 Å². The van der Waals surface area contributed by atoms with Gasteiger partial charge >= 0.3 is 0 Å². The predicted molar refractivity (Wildman–Crippen MR) is 75.0 cm³/mol. The molecule has 1 aliphatic rings. The van der Waals surface area contributed by atoms with Gasteiger partial charge in [-0.25, -0.2) is 4.98 Å². The number of fused-ring (bicyclic) bond motifs is 1. The Balaban J connectivity index is 1.60. The van der Waals surface area contributed by atoms with E-state index in [4.69, 9.17) is 15.2 Å². The summed E-state index contributed by atoms with van der Waals surface area (Å²) in [6.45, 7) is 1.79. The van der Waals surface area contributed by atoms with Crippen molar-refractivity contribution in [3.05, 3.63) is 42.0 Å². The zero-order valence-electron chi connectivity index (χ0n) is 11.4. The van der Waals surface area contributed by atoms with E-state index in [-0.39, 0.29) is 12.7 Å². The highest BCUT2D eigenvalue weighted by Gasteiger charge is 2.14. The van der Waals surface area contributed by atoms with E-state index in [1.165, 1.54) is 0 Å². The van der Waals surface area contributed by atoms with Gasteiger partial charge in [0, 0.05) is 25.8 Å². The van der Waals surface area contributed by atoms with Crippen LogP contribution in [0.3, 0.4) is 0 Å². The van der Waals surface area contributed by atoms with Gasteiger partial charge in [-0.2, -0.15) is 0 Å². The van der Waals surface area contributed by atoms with Crippen LogP contribution in [0.5, 0.6) is 11.5 Å². The highest BCUT2D eigenvalue weighted by Crippen LogP contribution is 2.32. The van der Waals surface area contributed by atoms with E-state index in [0.717, 1.165) is 11.3 Å². The van der Waals surface area contributed by atoms with Crippen LogP contribution in [0, 0.1) is 0 Å². The molecule has 0 aliphatic carbocycles. The lowest BCUT2D eigenvalue weighted by Gasteiger charge is -2.04. The first-order valence-electron chi connectivity index (χ1n) is 6.65. The molecule has 21 heavy (non-hydrogen) atoms. The summed E-state index contributed by atoms with van der Waals surface area (Å²) in [6, 6.07) is 5.58. The molecule has 7 heteroatoms. The number of rotatable bonds is 5. The minimum absolute atomic E-state index is 0.219. The van der Waals surface area contributed by atoms with E-state index in [2.05, 4.69) is 10.3 Å². The number of amides is 1. The summed E-state index contributed by atoms with van der Waals surface area (Å²) in [5.74, 6) is 1.21. The van der Waals surface area contributed by atoms with Gasteiger partial charge in [-0.3, -0.25) is 4.79 Å². The number of carbonyl (C=O) groups excluding carboxylic acids is 1. The van der Waals surface area contributed by atoms with E-state index < -0.39 is 0 Å². The number of hydrogen-bond donors (Lipinski definition) is 2. The van der Waals surface area contributed by atoms with Gasteiger partial charge in [0.25, 0.3) is 5.91 Å². The molecule has 0 saturated heterocycles. The topological polar surface area (TPSA) is 91.4 Å². The first kappa shape index (κ1) is 13.4. The summed E-state index contributed by atoms with van der Waals surface area (Å²) in [5.41, 5.74) is 6.77. The maximum atomic E-state index is 12.0. The van der Waals surface area contributed by atoms with Crippen LogP contribution in [0.15, 0.2) is 30.7 Å². The molecule has 1 aliphatic heterocycles. The fourth-order valence-electron chi connectivity index (χ4n) is 2.07. The molecule has 110 valence electrons. The van der Waals surface area contributed by atoms with Crippen molar-refractivity contribution >= 4 is 5.91 Å².